The standard InChI is InChI=1S/C25H22Cl2N2O5/c26-15-5-10-20(27)21(12-15)28-13-14(11-22(28)30)25(33)34-17-8-6-16(7-9-17)29-23(31)18-3-1-2-4-19(18)24(29)32/h5-10,12,14,18-19H,1-4,11,13H2/t14-,18-,19+/m1/s1. The van der Waals surface area contributed by atoms with Crippen molar-refractivity contribution in [2.45, 2.75) is 32.1 Å². The minimum absolute atomic E-state index is 0.000677. The molecule has 5 rings (SSSR count). The van der Waals surface area contributed by atoms with Gasteiger partial charge in [-0.1, -0.05) is 36.0 Å². The maximum Gasteiger partial charge on any atom is 0.316 e. The van der Waals surface area contributed by atoms with E-state index in [0.717, 1.165) is 25.7 Å². The SMILES string of the molecule is O=C(Oc1ccc(N2C(=O)[C@H]3CCCC[C@H]3C2=O)cc1)[C@@H]1CC(=O)N(c2cc(Cl)ccc2Cl)C1. The number of carbonyl (C=O) groups is 4. The summed E-state index contributed by atoms with van der Waals surface area (Å²) in [5.74, 6) is -1.92. The highest BCUT2D eigenvalue weighted by atomic mass is 35.5. The van der Waals surface area contributed by atoms with Crippen molar-refractivity contribution in [2.24, 2.45) is 17.8 Å². The number of fused-ring (bicyclic) bond motifs is 1. The van der Waals surface area contributed by atoms with Crippen molar-refractivity contribution in [2.75, 3.05) is 16.3 Å². The Hall–Kier alpha value is -2.90. The van der Waals surface area contributed by atoms with Crippen LogP contribution >= 0.6 is 23.2 Å². The van der Waals surface area contributed by atoms with Crippen LogP contribution in [-0.2, 0) is 19.2 Å². The lowest BCUT2D eigenvalue weighted by Gasteiger charge is -2.19. The van der Waals surface area contributed by atoms with Crippen molar-refractivity contribution >= 4 is 58.3 Å². The summed E-state index contributed by atoms with van der Waals surface area (Å²) in [7, 11) is 0. The molecule has 1 saturated carbocycles. The number of hydrogen-bond acceptors (Lipinski definition) is 5. The van der Waals surface area contributed by atoms with Crippen molar-refractivity contribution in [1.82, 2.24) is 0 Å². The van der Waals surface area contributed by atoms with E-state index in [9.17, 15) is 19.2 Å². The lowest BCUT2D eigenvalue weighted by Crippen LogP contribution is -2.30. The molecule has 3 fully saturated rings. The molecule has 176 valence electrons. The minimum Gasteiger partial charge on any atom is -0.426 e. The first-order valence-corrected chi connectivity index (χ1v) is 12.0. The number of imide groups is 1. The molecule has 2 aromatic rings. The molecule has 3 amide bonds. The third-order valence-electron chi connectivity index (χ3n) is 6.81. The van der Waals surface area contributed by atoms with E-state index < -0.39 is 11.9 Å². The first kappa shape index (κ1) is 22.9. The Labute approximate surface area is 206 Å². The minimum atomic E-state index is -0.660. The van der Waals surface area contributed by atoms with E-state index >= 15 is 0 Å². The molecule has 0 N–H and O–H groups in total. The van der Waals surface area contributed by atoms with Gasteiger partial charge in [0.25, 0.3) is 0 Å². The Morgan fingerprint density at radius 3 is 2.21 bits per heavy atom. The fourth-order valence-corrected chi connectivity index (χ4v) is 5.46. The fraction of sp³-hybridized carbons (Fsp3) is 0.360. The zero-order chi connectivity index (χ0) is 24.0. The normalized spacial score (nSPS) is 24.5. The average molecular weight is 501 g/mol. The van der Waals surface area contributed by atoms with E-state index in [2.05, 4.69) is 0 Å². The zero-order valence-electron chi connectivity index (χ0n) is 18.2. The molecular weight excluding hydrogens is 479 g/mol. The van der Waals surface area contributed by atoms with Gasteiger partial charge in [0.15, 0.2) is 0 Å². The average Bonchev–Trinajstić information content (AvgIpc) is 3.34. The van der Waals surface area contributed by atoms with Gasteiger partial charge in [0.05, 0.1) is 34.2 Å². The number of ether oxygens (including phenoxy) is 1. The maximum atomic E-state index is 12.8. The molecule has 34 heavy (non-hydrogen) atoms. The van der Waals surface area contributed by atoms with Crippen molar-refractivity contribution in [3.63, 3.8) is 0 Å². The van der Waals surface area contributed by atoms with Crippen molar-refractivity contribution in [3.8, 4) is 5.75 Å². The highest BCUT2D eigenvalue weighted by Crippen LogP contribution is 2.40. The quantitative estimate of drug-likeness (QED) is 0.347. The van der Waals surface area contributed by atoms with Crippen LogP contribution in [0.15, 0.2) is 42.5 Å². The third-order valence-corrected chi connectivity index (χ3v) is 7.37. The molecule has 1 aliphatic carbocycles. The molecule has 2 heterocycles. The molecule has 2 saturated heterocycles. The number of benzene rings is 2. The number of halogens is 2. The summed E-state index contributed by atoms with van der Waals surface area (Å²) >= 11 is 12.2. The largest absolute Gasteiger partial charge is 0.426 e. The van der Waals surface area contributed by atoms with Crippen LogP contribution in [0.5, 0.6) is 5.75 Å². The molecule has 0 aromatic heterocycles. The van der Waals surface area contributed by atoms with Gasteiger partial charge in [-0.2, -0.15) is 0 Å². The number of hydrogen-bond donors (Lipinski definition) is 0. The molecule has 7 nitrogen and oxygen atoms in total. The number of carbonyl (C=O) groups excluding carboxylic acids is 4. The van der Waals surface area contributed by atoms with Crippen LogP contribution in [0, 0.1) is 17.8 Å². The highest BCUT2D eigenvalue weighted by Gasteiger charge is 2.48. The van der Waals surface area contributed by atoms with Crippen molar-refractivity contribution in [3.05, 3.63) is 52.5 Å². The predicted octanol–water partition coefficient (Wildman–Crippen LogP) is 4.63. The second-order valence-corrected chi connectivity index (χ2v) is 9.77. The summed E-state index contributed by atoms with van der Waals surface area (Å²) in [5.41, 5.74) is 0.932. The van der Waals surface area contributed by atoms with Crippen molar-refractivity contribution < 1.29 is 23.9 Å². The lowest BCUT2D eigenvalue weighted by molar-refractivity contribution is -0.139. The molecule has 0 spiro atoms. The van der Waals surface area contributed by atoms with E-state index in [1.807, 2.05) is 0 Å². The Morgan fingerprint density at radius 1 is 0.912 bits per heavy atom. The molecule has 3 aliphatic rings. The summed E-state index contributed by atoms with van der Waals surface area (Å²) in [5, 5.41) is 0.806. The van der Waals surface area contributed by atoms with Crippen LogP contribution in [-0.4, -0.2) is 30.2 Å². The third kappa shape index (κ3) is 4.07. The van der Waals surface area contributed by atoms with Gasteiger partial charge in [-0.05, 0) is 55.3 Å². The number of anilines is 2. The van der Waals surface area contributed by atoms with Crippen LogP contribution in [0.4, 0.5) is 11.4 Å². The van der Waals surface area contributed by atoms with E-state index in [-0.39, 0.29) is 48.3 Å². The molecule has 2 aromatic carbocycles. The zero-order valence-corrected chi connectivity index (χ0v) is 19.7. The summed E-state index contributed by atoms with van der Waals surface area (Å²) in [4.78, 5) is 53.5. The summed E-state index contributed by atoms with van der Waals surface area (Å²) < 4.78 is 5.49. The molecule has 9 heteroatoms. The van der Waals surface area contributed by atoms with Gasteiger partial charge in [-0.25, -0.2) is 0 Å². The molecular formula is C25H22Cl2N2O5. The fourth-order valence-electron chi connectivity index (χ4n) is 5.07. The van der Waals surface area contributed by atoms with Gasteiger partial charge in [0.1, 0.15) is 5.75 Å². The summed E-state index contributed by atoms with van der Waals surface area (Å²) in [6, 6.07) is 11.1. The first-order valence-electron chi connectivity index (χ1n) is 11.3. The number of esters is 1. The van der Waals surface area contributed by atoms with Crippen LogP contribution in [0.3, 0.4) is 0 Å². The van der Waals surface area contributed by atoms with Gasteiger partial charge in [-0.15, -0.1) is 0 Å². The Bertz CT molecular complexity index is 1160. The van der Waals surface area contributed by atoms with Gasteiger partial charge >= 0.3 is 5.97 Å². The monoisotopic (exact) mass is 500 g/mol. The van der Waals surface area contributed by atoms with E-state index in [1.165, 1.54) is 9.80 Å². The van der Waals surface area contributed by atoms with E-state index in [0.29, 0.717) is 21.4 Å². The maximum absolute atomic E-state index is 12.8. The Kier molecular flexibility index (Phi) is 6.08. The number of nitrogens with zero attached hydrogens (tertiary/aromatic N) is 2. The second-order valence-electron chi connectivity index (χ2n) is 8.93. The summed E-state index contributed by atoms with van der Waals surface area (Å²) in [6.07, 6.45) is 3.43. The van der Waals surface area contributed by atoms with E-state index in [1.54, 1.807) is 42.5 Å². The molecule has 0 radical (unpaired) electrons. The first-order chi connectivity index (χ1) is 16.3. The van der Waals surface area contributed by atoms with Crippen LogP contribution in [0.2, 0.25) is 10.0 Å². The smallest absolute Gasteiger partial charge is 0.316 e. The van der Waals surface area contributed by atoms with Gasteiger partial charge in [0.2, 0.25) is 17.7 Å². The molecule has 0 unspecified atom stereocenters. The van der Waals surface area contributed by atoms with Crippen LogP contribution in [0.25, 0.3) is 0 Å². The van der Waals surface area contributed by atoms with Crippen LogP contribution in [0.1, 0.15) is 32.1 Å². The topological polar surface area (TPSA) is 84.0 Å². The molecule has 0 bridgehead atoms. The van der Waals surface area contributed by atoms with Crippen molar-refractivity contribution in [1.29, 1.82) is 0 Å². The Morgan fingerprint density at radius 2 is 1.56 bits per heavy atom. The highest BCUT2D eigenvalue weighted by molar-refractivity contribution is 6.36. The van der Waals surface area contributed by atoms with E-state index in [4.69, 9.17) is 27.9 Å². The lowest BCUT2D eigenvalue weighted by atomic mass is 9.81. The van der Waals surface area contributed by atoms with Gasteiger partial charge in [-0.3, -0.25) is 24.1 Å². The Balaban J connectivity index is 1.25. The predicted molar refractivity (Wildman–Crippen MR) is 127 cm³/mol. The summed E-state index contributed by atoms with van der Waals surface area (Å²) in [6.45, 7) is 0.134. The van der Waals surface area contributed by atoms with Gasteiger partial charge < -0.3 is 9.64 Å². The molecule has 2 aliphatic heterocycles. The second kappa shape index (κ2) is 9.04. The van der Waals surface area contributed by atoms with Gasteiger partial charge in [0, 0.05) is 18.0 Å². The number of amides is 3. The van der Waals surface area contributed by atoms with Crippen LogP contribution < -0.4 is 14.5 Å². The number of rotatable bonds is 4. The molecule has 3 atom stereocenters.